The lowest BCUT2D eigenvalue weighted by Gasteiger charge is -2.49. The summed E-state index contributed by atoms with van der Waals surface area (Å²) in [6.07, 6.45) is 5.85. The van der Waals surface area contributed by atoms with Crippen LogP contribution in [0.5, 0.6) is 5.75 Å². The molecule has 0 radical (unpaired) electrons. The first kappa shape index (κ1) is 19.9. The number of benzene rings is 1. The normalized spacial score (nSPS) is 21.8. The van der Waals surface area contributed by atoms with Gasteiger partial charge in [0.1, 0.15) is 17.4 Å². The van der Waals surface area contributed by atoms with Crippen molar-refractivity contribution in [2.24, 2.45) is 5.92 Å². The highest BCUT2D eigenvalue weighted by Gasteiger charge is 2.44. The van der Waals surface area contributed by atoms with Crippen LogP contribution >= 0.6 is 11.3 Å². The minimum atomic E-state index is -0.230. The summed E-state index contributed by atoms with van der Waals surface area (Å²) in [5.41, 5.74) is 3.68. The minimum Gasteiger partial charge on any atom is -0.488 e. The van der Waals surface area contributed by atoms with Crippen LogP contribution in [0.1, 0.15) is 25.3 Å². The van der Waals surface area contributed by atoms with Gasteiger partial charge in [-0.15, -0.1) is 23.0 Å². The molecule has 2 aromatic heterocycles. The van der Waals surface area contributed by atoms with Gasteiger partial charge in [-0.25, -0.2) is 4.98 Å². The van der Waals surface area contributed by atoms with Crippen LogP contribution in [-0.2, 0) is 11.2 Å². The Hall–Kier alpha value is -3.00. The number of aromatic nitrogens is 3. The van der Waals surface area contributed by atoms with Crippen LogP contribution < -0.4 is 15.0 Å². The topological polar surface area (TPSA) is 80.2 Å². The predicted octanol–water partition coefficient (Wildman–Crippen LogP) is 3.37. The molecule has 0 atom stereocenters. The fourth-order valence-corrected chi connectivity index (χ4v) is 5.07. The van der Waals surface area contributed by atoms with E-state index in [2.05, 4.69) is 45.0 Å². The van der Waals surface area contributed by atoms with Crippen molar-refractivity contribution in [3.63, 3.8) is 0 Å². The maximum absolute atomic E-state index is 12.8. The van der Waals surface area contributed by atoms with Crippen LogP contribution in [0.25, 0.3) is 10.2 Å². The van der Waals surface area contributed by atoms with Gasteiger partial charge in [0, 0.05) is 25.2 Å². The highest BCUT2D eigenvalue weighted by molar-refractivity contribution is 7.16. The standard InChI is InChI=1S/C23H25N5O2S/c1-3-5-15-8-18(21-19(9-15)31-14-24-21)30-17-10-16(11-17)22(29)26-23(2)12-28(13-23)20-6-4-7-25-27-20/h3-4,6-9,14,16-17H,1,5,10-13H2,2H3,(H,26,29)/t16-,17-. The molecule has 1 saturated heterocycles. The summed E-state index contributed by atoms with van der Waals surface area (Å²) in [5.74, 6) is 1.76. The zero-order valence-corrected chi connectivity index (χ0v) is 18.3. The van der Waals surface area contributed by atoms with Crippen molar-refractivity contribution in [3.05, 3.63) is 54.2 Å². The maximum Gasteiger partial charge on any atom is 0.223 e. The van der Waals surface area contributed by atoms with Crippen LogP contribution in [0, 0.1) is 5.92 Å². The Morgan fingerprint density at radius 1 is 1.42 bits per heavy atom. The first-order valence-corrected chi connectivity index (χ1v) is 11.4. The molecule has 31 heavy (non-hydrogen) atoms. The highest BCUT2D eigenvalue weighted by Crippen LogP contribution is 2.36. The average molecular weight is 436 g/mol. The number of nitrogens with one attached hydrogen (secondary N) is 1. The highest BCUT2D eigenvalue weighted by atomic mass is 32.1. The molecule has 5 rings (SSSR count). The Kier molecular flexibility index (Phi) is 5.09. The smallest absolute Gasteiger partial charge is 0.223 e. The summed E-state index contributed by atoms with van der Waals surface area (Å²) in [6.45, 7) is 7.38. The second kappa shape index (κ2) is 7.92. The molecule has 3 heterocycles. The lowest BCUT2D eigenvalue weighted by Crippen LogP contribution is -2.70. The number of hydrogen-bond donors (Lipinski definition) is 1. The number of carbonyl (C=O) groups is 1. The first-order chi connectivity index (χ1) is 15.0. The molecule has 8 heteroatoms. The van der Waals surface area contributed by atoms with Crippen LogP contribution in [0.2, 0.25) is 0 Å². The molecule has 1 aromatic carbocycles. The van der Waals surface area contributed by atoms with Gasteiger partial charge >= 0.3 is 0 Å². The number of allylic oxidation sites excluding steroid dienone is 1. The Bertz CT molecular complexity index is 1100. The van der Waals surface area contributed by atoms with Gasteiger partial charge in [-0.3, -0.25) is 4.79 Å². The molecule has 1 aliphatic carbocycles. The third-order valence-electron chi connectivity index (χ3n) is 5.99. The van der Waals surface area contributed by atoms with E-state index in [1.165, 1.54) is 5.56 Å². The second-order valence-corrected chi connectivity index (χ2v) is 9.57. The summed E-state index contributed by atoms with van der Waals surface area (Å²) in [7, 11) is 0. The van der Waals surface area contributed by atoms with Crippen molar-refractivity contribution in [1.82, 2.24) is 20.5 Å². The predicted molar refractivity (Wildman–Crippen MR) is 121 cm³/mol. The van der Waals surface area contributed by atoms with E-state index in [9.17, 15) is 4.79 Å². The lowest BCUT2D eigenvalue weighted by molar-refractivity contribution is -0.132. The largest absolute Gasteiger partial charge is 0.488 e. The molecule has 1 N–H and O–H groups in total. The molecular formula is C23H25N5O2S. The molecule has 0 bridgehead atoms. The molecule has 1 amide bonds. The molecule has 2 fully saturated rings. The van der Waals surface area contributed by atoms with Crippen molar-refractivity contribution in [2.75, 3.05) is 18.0 Å². The van der Waals surface area contributed by atoms with E-state index in [0.29, 0.717) is 0 Å². The van der Waals surface area contributed by atoms with E-state index in [0.717, 1.165) is 54.1 Å². The molecule has 0 unspecified atom stereocenters. The Labute approximate surface area is 185 Å². The third-order valence-corrected chi connectivity index (χ3v) is 6.76. The van der Waals surface area contributed by atoms with Crippen LogP contribution in [0.3, 0.4) is 0 Å². The fraction of sp³-hybridized carbons (Fsp3) is 0.391. The van der Waals surface area contributed by atoms with Gasteiger partial charge in [0.05, 0.1) is 15.7 Å². The van der Waals surface area contributed by atoms with Crippen LogP contribution in [0.4, 0.5) is 5.82 Å². The summed E-state index contributed by atoms with van der Waals surface area (Å²) >= 11 is 1.61. The lowest BCUT2D eigenvalue weighted by atomic mass is 9.80. The van der Waals surface area contributed by atoms with Crippen molar-refractivity contribution < 1.29 is 9.53 Å². The summed E-state index contributed by atoms with van der Waals surface area (Å²) in [6, 6.07) is 8.00. The molecule has 1 aliphatic heterocycles. The number of hydrogen-bond acceptors (Lipinski definition) is 7. The van der Waals surface area contributed by atoms with Crippen LogP contribution in [0.15, 0.2) is 48.6 Å². The van der Waals surface area contributed by atoms with Gasteiger partial charge < -0.3 is 15.0 Å². The summed E-state index contributed by atoms with van der Waals surface area (Å²) < 4.78 is 7.36. The van der Waals surface area contributed by atoms with Gasteiger partial charge in [0.2, 0.25) is 5.91 Å². The van der Waals surface area contributed by atoms with Crippen molar-refractivity contribution in [2.45, 2.75) is 37.8 Å². The van der Waals surface area contributed by atoms with Gasteiger partial charge in [-0.05, 0) is 56.0 Å². The van der Waals surface area contributed by atoms with E-state index in [4.69, 9.17) is 4.74 Å². The average Bonchev–Trinajstić information content (AvgIpc) is 3.18. The van der Waals surface area contributed by atoms with E-state index >= 15 is 0 Å². The number of nitrogens with zero attached hydrogens (tertiary/aromatic N) is 4. The number of amides is 1. The quantitative estimate of drug-likeness (QED) is 0.573. The molecular weight excluding hydrogens is 410 g/mol. The van der Waals surface area contributed by atoms with E-state index in [-0.39, 0.29) is 23.5 Å². The molecule has 3 aromatic rings. The number of carbonyl (C=O) groups excluding carboxylic acids is 1. The molecule has 2 aliphatic rings. The van der Waals surface area contributed by atoms with Crippen molar-refractivity contribution >= 4 is 33.3 Å². The van der Waals surface area contributed by atoms with E-state index < -0.39 is 0 Å². The zero-order valence-electron chi connectivity index (χ0n) is 17.5. The SMILES string of the molecule is C=CCc1cc(O[C@H]2C[C@H](C(=O)NC3(C)CN(c4cccnn4)C3)C2)c2ncsc2c1. The first-order valence-electron chi connectivity index (χ1n) is 10.5. The molecule has 1 saturated carbocycles. The Morgan fingerprint density at radius 2 is 2.26 bits per heavy atom. The van der Waals surface area contributed by atoms with Gasteiger partial charge in [-0.2, -0.15) is 5.10 Å². The molecule has 7 nitrogen and oxygen atoms in total. The number of ether oxygens (including phenoxy) is 1. The fourth-order valence-electron chi connectivity index (χ4n) is 4.32. The number of fused-ring (bicyclic) bond motifs is 1. The molecule has 0 spiro atoms. The molecule has 160 valence electrons. The Morgan fingerprint density at radius 3 is 3.00 bits per heavy atom. The minimum absolute atomic E-state index is 0.00493. The number of rotatable bonds is 7. The Balaban J connectivity index is 1.15. The summed E-state index contributed by atoms with van der Waals surface area (Å²) in [4.78, 5) is 19.3. The van der Waals surface area contributed by atoms with Gasteiger partial charge in [0.15, 0.2) is 5.82 Å². The maximum atomic E-state index is 12.8. The van der Waals surface area contributed by atoms with Gasteiger partial charge in [-0.1, -0.05) is 6.08 Å². The zero-order chi connectivity index (χ0) is 21.4. The van der Waals surface area contributed by atoms with Gasteiger partial charge in [0.25, 0.3) is 0 Å². The van der Waals surface area contributed by atoms with E-state index in [1.54, 1.807) is 17.5 Å². The number of thiazole rings is 1. The van der Waals surface area contributed by atoms with Crippen LogP contribution in [-0.4, -0.2) is 45.8 Å². The monoisotopic (exact) mass is 435 g/mol. The van der Waals surface area contributed by atoms with Crippen molar-refractivity contribution in [1.29, 1.82) is 0 Å². The third kappa shape index (κ3) is 3.99. The van der Waals surface area contributed by atoms with Crippen molar-refractivity contribution in [3.8, 4) is 5.75 Å². The summed E-state index contributed by atoms with van der Waals surface area (Å²) in [5, 5.41) is 11.3. The number of anilines is 1. The second-order valence-electron chi connectivity index (χ2n) is 8.68. The van der Waals surface area contributed by atoms with E-state index in [1.807, 2.05) is 29.8 Å².